The monoisotopic (exact) mass is 1540 g/mol. The lowest BCUT2D eigenvalue weighted by molar-refractivity contribution is -0.00437. The van der Waals surface area contributed by atoms with Crippen LogP contribution in [0.3, 0.4) is 0 Å². The van der Waals surface area contributed by atoms with Crippen molar-refractivity contribution in [3.63, 3.8) is 0 Å². The highest BCUT2D eigenvalue weighted by Crippen LogP contribution is 2.37. The average molecular weight is 1540 g/mol. The first-order valence-electron chi connectivity index (χ1n) is 44.5. The van der Waals surface area contributed by atoms with Gasteiger partial charge in [0.15, 0.2) is 0 Å². The van der Waals surface area contributed by atoms with E-state index in [9.17, 15) is 9.50 Å². The van der Waals surface area contributed by atoms with Gasteiger partial charge < -0.3 is 50.2 Å². The van der Waals surface area contributed by atoms with Gasteiger partial charge in [-0.2, -0.15) is 0 Å². The van der Waals surface area contributed by atoms with Gasteiger partial charge in [-0.05, 0) is 257 Å². The van der Waals surface area contributed by atoms with E-state index in [1.54, 1.807) is 6.07 Å². The zero-order valence-corrected chi connectivity index (χ0v) is 73.5. The SMILES string of the molecule is CC(C)C1CCC(CCC(C)(C)O)CC1.CC(C)c1ccc(CN2CCOC[C@@H]2C)cc1.CC(C)c1ccc(N(C)C2CCOCC2)cc1.CC(C)c1ccc(NC2CCCC2)cc1.CC(C)c1ccc(NC2CCCCC2)cc1.CC(C)c1ccc(NC2CCOC2)cc1.CC(C)c1ccc(NC2CCOCC2)c(F)c1. The summed E-state index contributed by atoms with van der Waals surface area (Å²) in [6, 6.07) is 53.5. The van der Waals surface area contributed by atoms with E-state index in [4.69, 9.17) is 18.9 Å². The van der Waals surface area contributed by atoms with E-state index in [0.29, 0.717) is 71.4 Å². The molecule has 12 heteroatoms. The second-order valence-electron chi connectivity index (χ2n) is 36.4. The van der Waals surface area contributed by atoms with Crippen LogP contribution in [0.4, 0.5) is 32.8 Å². The quantitative estimate of drug-likeness (QED) is 0.0448. The van der Waals surface area contributed by atoms with Crippen molar-refractivity contribution in [1.29, 1.82) is 0 Å². The van der Waals surface area contributed by atoms with Crippen LogP contribution in [0.1, 0.15) is 321 Å². The Labute approximate surface area is 682 Å². The first kappa shape index (κ1) is 93.2. The molecule has 4 saturated heterocycles. The molecule has 2 atom stereocenters. The Bertz CT molecular complexity index is 3340. The maximum absolute atomic E-state index is 13.9. The molecule has 624 valence electrons. The Hall–Kier alpha value is -5.99. The predicted molar refractivity (Wildman–Crippen MR) is 479 cm³/mol. The standard InChI is InChI=1S/2C15H23NO.C15H23N.C14H20FNO.C14H21N.C14H28O.C13H19NO/c1-12(2)13-4-6-14(7-5-13)16(3)15-8-10-17-11-9-15;1-12(2)15-6-4-14(5-7-15)10-16-8-9-17-11-13(16)3;1-12(2)13-8-10-15(11-9-13)16-14-6-4-3-5-7-14;1-10(2)11-3-4-14(13(15)9-11)16-12-5-7-17-8-6-12;1-11(2)12-7-9-14(10-8-12)15-13-5-3-4-6-13;1-11(2)13-7-5-12(6-8-13)9-10-14(3,4)15;1-10(2)11-3-5-12(6-4-11)14-13-7-8-15-9-13/h4-7,12,15H,8-11H2,1-3H3;4-7,12-13H,8-11H2,1-3H3;8-12,14,16H,3-7H2,1-2H3;3-4,9-10,12,16H,5-8H2,1-2H3;7-11,13,15H,3-6H2,1-2H3;11-13,15H,5-10H2,1-4H3;3-6,10,13-14H,7-9H2,1-2H3/t;13-;;;;;/m.0...../s1. The molecule has 0 amide bonds. The van der Waals surface area contributed by atoms with Crippen LogP contribution < -0.4 is 26.2 Å². The van der Waals surface area contributed by atoms with E-state index in [1.165, 1.54) is 146 Å². The molecule has 3 aliphatic carbocycles. The molecule has 0 spiro atoms. The van der Waals surface area contributed by atoms with Gasteiger partial charge in [0.1, 0.15) is 5.82 Å². The van der Waals surface area contributed by atoms with Crippen LogP contribution in [-0.2, 0) is 25.5 Å². The highest BCUT2D eigenvalue weighted by atomic mass is 19.1. The minimum absolute atomic E-state index is 0.150. The van der Waals surface area contributed by atoms with E-state index in [1.807, 2.05) is 26.0 Å². The molecular weight excluding hydrogens is 1380 g/mol. The number of ether oxygens (including phenoxy) is 4. The van der Waals surface area contributed by atoms with Crippen molar-refractivity contribution in [3.8, 4) is 0 Å². The number of halogens is 1. The van der Waals surface area contributed by atoms with Gasteiger partial charge in [-0.15, -0.1) is 0 Å². The van der Waals surface area contributed by atoms with E-state index in [2.05, 4.69) is 263 Å². The molecule has 0 radical (unpaired) electrons. The lowest BCUT2D eigenvalue weighted by atomic mass is 9.75. The Morgan fingerprint density at radius 3 is 1.22 bits per heavy atom. The number of nitrogens with one attached hydrogen (secondary N) is 4. The number of morpholine rings is 1. The van der Waals surface area contributed by atoms with Gasteiger partial charge >= 0.3 is 0 Å². The average Bonchev–Trinajstić information content (AvgIpc) is 0.972. The molecule has 3 saturated carbocycles. The summed E-state index contributed by atoms with van der Waals surface area (Å²) in [6.07, 6.45) is 25.4. The predicted octanol–water partition coefficient (Wildman–Crippen LogP) is 25.7. The summed E-state index contributed by atoms with van der Waals surface area (Å²) in [7, 11) is 2.19. The largest absolute Gasteiger partial charge is 0.390 e. The molecule has 6 aromatic carbocycles. The molecule has 7 aliphatic rings. The summed E-state index contributed by atoms with van der Waals surface area (Å²) in [4.78, 5) is 4.89. The maximum atomic E-state index is 13.9. The Morgan fingerprint density at radius 2 is 0.812 bits per heavy atom. The molecule has 6 aromatic rings. The summed E-state index contributed by atoms with van der Waals surface area (Å²) in [5, 5.41) is 23.7. The number of nitrogens with zero attached hydrogens (tertiary/aromatic N) is 2. The summed E-state index contributed by atoms with van der Waals surface area (Å²) < 4.78 is 35.4. The van der Waals surface area contributed by atoms with Crippen molar-refractivity contribution in [3.05, 3.63) is 184 Å². The van der Waals surface area contributed by atoms with Gasteiger partial charge in [-0.3, -0.25) is 4.90 Å². The highest BCUT2D eigenvalue weighted by molar-refractivity contribution is 5.51. The minimum atomic E-state index is -0.463. The van der Waals surface area contributed by atoms with Gasteiger partial charge in [0.05, 0.1) is 37.2 Å². The molecule has 13 rings (SSSR count). The molecule has 0 aromatic heterocycles. The van der Waals surface area contributed by atoms with Gasteiger partial charge in [0, 0.05) is 106 Å². The second-order valence-corrected chi connectivity index (χ2v) is 36.4. The fourth-order valence-corrected chi connectivity index (χ4v) is 16.0. The van der Waals surface area contributed by atoms with Crippen LogP contribution >= 0.6 is 0 Å². The summed E-state index contributed by atoms with van der Waals surface area (Å²) in [5.74, 6) is 6.01. The summed E-state index contributed by atoms with van der Waals surface area (Å²) in [6.45, 7) is 46.1. The van der Waals surface area contributed by atoms with Crippen molar-refractivity contribution >= 4 is 28.4 Å². The fourth-order valence-electron chi connectivity index (χ4n) is 16.0. The first-order chi connectivity index (χ1) is 53.7. The zero-order valence-electron chi connectivity index (χ0n) is 73.5. The number of benzene rings is 6. The Kier molecular flexibility index (Phi) is 41.4. The normalized spacial score (nSPS) is 20.1. The van der Waals surface area contributed by atoms with Crippen LogP contribution in [-0.4, -0.2) is 118 Å². The van der Waals surface area contributed by atoms with Crippen molar-refractivity contribution < 1.29 is 28.4 Å². The van der Waals surface area contributed by atoms with Crippen molar-refractivity contribution in [1.82, 2.24) is 4.90 Å². The van der Waals surface area contributed by atoms with Crippen molar-refractivity contribution in [2.45, 2.75) is 330 Å². The smallest absolute Gasteiger partial charge is 0.146 e. The molecular formula is C100H157FN6O5. The third kappa shape index (κ3) is 34.8. The van der Waals surface area contributed by atoms with Crippen molar-refractivity contribution in [2.24, 2.45) is 17.8 Å². The molecule has 112 heavy (non-hydrogen) atoms. The number of hydrogen-bond acceptors (Lipinski definition) is 11. The Morgan fingerprint density at radius 1 is 0.429 bits per heavy atom. The molecule has 1 unspecified atom stereocenters. The third-order valence-corrected chi connectivity index (χ3v) is 24.2. The molecule has 0 bridgehead atoms. The molecule has 4 heterocycles. The van der Waals surface area contributed by atoms with Crippen LogP contribution in [0.25, 0.3) is 0 Å². The van der Waals surface area contributed by atoms with E-state index >= 15 is 0 Å². The number of anilines is 5. The molecule has 5 N–H and O–H groups in total. The van der Waals surface area contributed by atoms with Gasteiger partial charge in [-0.1, -0.05) is 221 Å². The number of hydrogen-bond donors (Lipinski definition) is 5. The second kappa shape index (κ2) is 49.8. The van der Waals surface area contributed by atoms with Gasteiger partial charge in [0.2, 0.25) is 0 Å². The number of aliphatic hydroxyl groups is 1. The lowest BCUT2D eigenvalue weighted by Gasteiger charge is -2.33. The molecule has 4 aliphatic heterocycles. The van der Waals surface area contributed by atoms with Crippen LogP contribution in [0.5, 0.6) is 0 Å². The van der Waals surface area contributed by atoms with Gasteiger partial charge in [0.25, 0.3) is 0 Å². The van der Waals surface area contributed by atoms with Gasteiger partial charge in [-0.25, -0.2) is 4.39 Å². The van der Waals surface area contributed by atoms with E-state index in [0.717, 1.165) is 134 Å². The number of rotatable bonds is 22. The van der Waals surface area contributed by atoms with Crippen molar-refractivity contribution in [2.75, 3.05) is 92.6 Å². The summed E-state index contributed by atoms with van der Waals surface area (Å²) >= 11 is 0. The lowest BCUT2D eigenvalue weighted by Crippen LogP contribution is -2.42. The Balaban J connectivity index is 0.000000181. The van der Waals surface area contributed by atoms with E-state index < -0.39 is 5.60 Å². The van der Waals surface area contributed by atoms with Crippen LogP contribution in [0.15, 0.2) is 140 Å². The first-order valence-corrected chi connectivity index (χ1v) is 44.5. The van der Waals surface area contributed by atoms with Crippen LogP contribution in [0.2, 0.25) is 0 Å². The molecule has 7 fully saturated rings. The zero-order chi connectivity index (χ0) is 81.0. The maximum Gasteiger partial charge on any atom is 0.146 e. The van der Waals surface area contributed by atoms with E-state index in [-0.39, 0.29) is 5.82 Å². The third-order valence-electron chi connectivity index (χ3n) is 24.2. The minimum Gasteiger partial charge on any atom is -0.390 e. The fraction of sp³-hybridized carbons (Fsp3) is 0.640. The topological polar surface area (TPSA) is 112 Å². The van der Waals surface area contributed by atoms with Crippen LogP contribution in [0, 0.1) is 23.6 Å². The molecule has 11 nitrogen and oxygen atoms in total. The summed E-state index contributed by atoms with van der Waals surface area (Å²) in [5.41, 5.74) is 14.8. The highest BCUT2D eigenvalue weighted by Gasteiger charge is 2.26.